The second-order valence-electron chi connectivity index (χ2n) is 9.73. The van der Waals surface area contributed by atoms with Crippen LogP contribution in [-0.2, 0) is 6.42 Å². The van der Waals surface area contributed by atoms with Crippen LogP contribution in [0.1, 0.15) is 25.0 Å². The topological polar surface area (TPSA) is 101 Å². The van der Waals surface area contributed by atoms with Gasteiger partial charge in [-0.2, -0.15) is 0 Å². The first-order valence-electron chi connectivity index (χ1n) is 12.0. The van der Waals surface area contributed by atoms with E-state index in [4.69, 9.17) is 15.2 Å². The van der Waals surface area contributed by atoms with E-state index >= 15 is 0 Å². The molecular weight excluding hydrogens is 471 g/mol. The lowest BCUT2D eigenvalue weighted by Gasteiger charge is -2.28. The van der Waals surface area contributed by atoms with E-state index in [1.165, 1.54) is 12.1 Å². The Morgan fingerprint density at radius 2 is 1.86 bits per heavy atom. The number of β-amino-alcohol motifs (C(OH)–C–C–N with tert-alkyl or cyclic N) is 1. The summed E-state index contributed by atoms with van der Waals surface area (Å²) in [4.78, 5) is 0. The summed E-state index contributed by atoms with van der Waals surface area (Å²) in [7, 11) is 0. The van der Waals surface area contributed by atoms with Crippen molar-refractivity contribution < 1.29 is 19.0 Å². The van der Waals surface area contributed by atoms with Gasteiger partial charge in [0.05, 0.1) is 5.69 Å². The largest absolute Gasteiger partial charge is 0.489 e. The number of nitrogens with one attached hydrogen (secondary N) is 3. The Kier molecular flexibility index (Phi) is 7.71. The fourth-order valence-electron chi connectivity index (χ4n) is 4.03. The molecule has 0 saturated carbocycles. The van der Waals surface area contributed by atoms with Gasteiger partial charge in [-0.3, -0.25) is 0 Å². The van der Waals surface area contributed by atoms with Crippen LogP contribution in [0.4, 0.5) is 15.8 Å². The molecule has 0 saturated heterocycles. The van der Waals surface area contributed by atoms with Gasteiger partial charge in [-0.05, 0) is 73.9 Å². The van der Waals surface area contributed by atoms with Crippen LogP contribution in [0.15, 0.2) is 79.6 Å². The summed E-state index contributed by atoms with van der Waals surface area (Å²) in [5.74, 6) is 1.49. The Balaban J connectivity index is 1.26. The number of halogens is 1. The van der Waals surface area contributed by atoms with E-state index in [0.29, 0.717) is 41.5 Å². The number of fused-ring (bicyclic) bond motifs is 1. The Bertz CT molecular complexity index is 1290. The van der Waals surface area contributed by atoms with Gasteiger partial charge in [0.15, 0.2) is 11.6 Å². The number of hydrogen-bond acceptors (Lipinski definition) is 7. The maximum Gasteiger partial charge on any atom is 0.166 e. The van der Waals surface area contributed by atoms with E-state index in [2.05, 4.69) is 43.0 Å². The molecule has 194 valence electrons. The van der Waals surface area contributed by atoms with Gasteiger partial charge in [-0.1, -0.05) is 31.4 Å². The molecule has 37 heavy (non-hydrogen) atoms. The molecule has 8 heteroatoms. The van der Waals surface area contributed by atoms with Crippen LogP contribution in [0.5, 0.6) is 17.2 Å². The fourth-order valence-corrected chi connectivity index (χ4v) is 4.03. The minimum absolute atomic E-state index is 0.119. The number of para-hydroxylation sites is 1. The molecular formula is C29H33FN4O3. The van der Waals surface area contributed by atoms with Crippen LogP contribution < -0.4 is 31.2 Å². The summed E-state index contributed by atoms with van der Waals surface area (Å²) in [6.45, 7) is 12.1. The normalized spacial score (nSPS) is 13.4. The highest BCUT2D eigenvalue weighted by molar-refractivity contribution is 5.83. The highest BCUT2D eigenvalue weighted by Gasteiger charge is 2.21. The van der Waals surface area contributed by atoms with Gasteiger partial charge in [0.1, 0.15) is 35.7 Å². The Hall–Kier alpha value is -4.01. The quantitative estimate of drug-likeness (QED) is 0.245. The molecule has 0 spiro atoms. The molecule has 0 fully saturated rings. The van der Waals surface area contributed by atoms with Crippen molar-refractivity contribution in [3.8, 4) is 17.2 Å². The van der Waals surface area contributed by atoms with Crippen LogP contribution in [-0.4, -0.2) is 29.9 Å². The number of aliphatic hydroxyl groups is 1. The molecule has 0 amide bonds. The molecule has 1 unspecified atom stereocenters. The zero-order chi connectivity index (χ0) is 26.6. The first kappa shape index (κ1) is 26.1. The van der Waals surface area contributed by atoms with Crippen LogP contribution in [0.25, 0.3) is 5.70 Å². The second kappa shape index (κ2) is 10.9. The molecule has 1 heterocycles. The summed E-state index contributed by atoms with van der Waals surface area (Å²) >= 11 is 0. The van der Waals surface area contributed by atoms with Crippen molar-refractivity contribution in [3.05, 3.63) is 96.6 Å². The summed E-state index contributed by atoms with van der Waals surface area (Å²) in [5, 5.41) is 20.2. The predicted octanol–water partition coefficient (Wildman–Crippen LogP) is 5.21. The average Bonchev–Trinajstić information content (AvgIpc) is 3.24. The molecule has 3 aromatic rings. The summed E-state index contributed by atoms with van der Waals surface area (Å²) in [6, 6.07) is 17.7. The maximum atomic E-state index is 14.3. The molecule has 1 aliphatic heterocycles. The number of aliphatic hydroxyl groups excluding tert-OH is 1. The first-order valence-corrected chi connectivity index (χ1v) is 12.0. The molecule has 0 bridgehead atoms. The standard InChI is InChI=1S/C29H33FN4O3/c1-18(31)21-10-13-26(24(30)14-21)37-23-11-8-20(9-12-23)15-29(3,4)32-16-22(35)17-36-27-7-5-6-25-28(27)34-19(2)33-25/h5-14,22,32-35H,1-2,15-17,31H2,3-4H3. The highest BCUT2D eigenvalue weighted by Crippen LogP contribution is 2.38. The van der Waals surface area contributed by atoms with Gasteiger partial charge < -0.3 is 36.3 Å². The Morgan fingerprint density at radius 3 is 2.57 bits per heavy atom. The highest BCUT2D eigenvalue weighted by atomic mass is 19.1. The maximum absolute atomic E-state index is 14.3. The number of anilines is 2. The fraction of sp³-hybridized carbons (Fsp3) is 0.241. The zero-order valence-corrected chi connectivity index (χ0v) is 21.1. The van der Waals surface area contributed by atoms with Gasteiger partial charge in [-0.25, -0.2) is 4.39 Å². The summed E-state index contributed by atoms with van der Waals surface area (Å²) in [6.07, 6.45) is 0.0214. The van der Waals surface area contributed by atoms with E-state index in [-0.39, 0.29) is 17.9 Å². The van der Waals surface area contributed by atoms with E-state index in [0.717, 1.165) is 16.9 Å². The molecule has 6 N–H and O–H groups in total. The van der Waals surface area contributed by atoms with Crippen molar-refractivity contribution in [3.63, 3.8) is 0 Å². The minimum Gasteiger partial charge on any atom is -0.489 e. The number of benzene rings is 3. The van der Waals surface area contributed by atoms with Crippen molar-refractivity contribution in [1.82, 2.24) is 5.32 Å². The van der Waals surface area contributed by atoms with Crippen LogP contribution in [0.2, 0.25) is 0 Å². The van der Waals surface area contributed by atoms with Crippen molar-refractivity contribution >= 4 is 17.1 Å². The van der Waals surface area contributed by atoms with Crippen molar-refractivity contribution in [2.75, 3.05) is 23.8 Å². The molecule has 0 radical (unpaired) electrons. The number of ether oxygens (including phenoxy) is 2. The minimum atomic E-state index is -0.693. The van der Waals surface area contributed by atoms with Crippen LogP contribution in [0.3, 0.4) is 0 Å². The SMILES string of the molecule is C=C1Nc2cccc(OCC(O)CNC(C)(C)Cc3ccc(Oc4ccc(C(=C)N)cc4F)cc3)c2N1. The Morgan fingerprint density at radius 1 is 1.11 bits per heavy atom. The molecule has 0 aromatic heterocycles. The second-order valence-corrected chi connectivity index (χ2v) is 9.73. The first-order chi connectivity index (χ1) is 17.6. The molecule has 7 nitrogen and oxygen atoms in total. The lowest BCUT2D eigenvalue weighted by atomic mass is 9.94. The van der Waals surface area contributed by atoms with E-state index in [1.54, 1.807) is 18.2 Å². The smallest absolute Gasteiger partial charge is 0.166 e. The van der Waals surface area contributed by atoms with E-state index < -0.39 is 11.9 Å². The van der Waals surface area contributed by atoms with E-state index in [1.807, 2.05) is 30.3 Å². The van der Waals surface area contributed by atoms with Crippen molar-refractivity contribution in [2.45, 2.75) is 31.9 Å². The van der Waals surface area contributed by atoms with Gasteiger partial charge in [0, 0.05) is 17.8 Å². The van der Waals surface area contributed by atoms with Crippen LogP contribution >= 0.6 is 0 Å². The van der Waals surface area contributed by atoms with Gasteiger partial charge in [0.25, 0.3) is 0 Å². The monoisotopic (exact) mass is 504 g/mol. The lowest BCUT2D eigenvalue weighted by molar-refractivity contribution is 0.0992. The number of nitrogens with two attached hydrogens (primary N) is 1. The lowest BCUT2D eigenvalue weighted by Crippen LogP contribution is -2.46. The molecule has 3 aromatic carbocycles. The third-order valence-corrected chi connectivity index (χ3v) is 5.94. The van der Waals surface area contributed by atoms with Gasteiger partial charge >= 0.3 is 0 Å². The van der Waals surface area contributed by atoms with Crippen molar-refractivity contribution in [1.29, 1.82) is 0 Å². The molecule has 1 aliphatic rings. The molecule has 4 rings (SSSR count). The predicted molar refractivity (Wildman–Crippen MR) is 146 cm³/mol. The average molecular weight is 505 g/mol. The molecule has 0 aliphatic carbocycles. The van der Waals surface area contributed by atoms with Crippen LogP contribution in [0, 0.1) is 5.82 Å². The third kappa shape index (κ3) is 6.81. The zero-order valence-electron chi connectivity index (χ0n) is 21.1. The summed E-state index contributed by atoms with van der Waals surface area (Å²) < 4.78 is 25.8. The van der Waals surface area contributed by atoms with E-state index in [9.17, 15) is 9.50 Å². The Labute approximate surface area is 216 Å². The molecule has 1 atom stereocenters. The number of hydrogen-bond donors (Lipinski definition) is 5. The summed E-state index contributed by atoms with van der Waals surface area (Å²) in [5.41, 5.74) is 8.95. The third-order valence-electron chi connectivity index (χ3n) is 5.94. The van der Waals surface area contributed by atoms with Gasteiger partial charge in [0.2, 0.25) is 0 Å². The van der Waals surface area contributed by atoms with Gasteiger partial charge in [-0.15, -0.1) is 0 Å². The number of rotatable bonds is 11. The van der Waals surface area contributed by atoms with Crippen molar-refractivity contribution in [2.24, 2.45) is 5.73 Å².